The number of amides is 1. The Balaban J connectivity index is 1.48. The van der Waals surface area contributed by atoms with Gasteiger partial charge in [-0.3, -0.25) is 4.79 Å². The predicted octanol–water partition coefficient (Wildman–Crippen LogP) is 5.91. The summed E-state index contributed by atoms with van der Waals surface area (Å²) < 4.78 is 11.7. The van der Waals surface area contributed by atoms with E-state index in [4.69, 9.17) is 26.2 Å². The lowest BCUT2D eigenvalue weighted by molar-refractivity contribution is -0.115. The van der Waals surface area contributed by atoms with Crippen molar-refractivity contribution in [1.82, 2.24) is 5.32 Å². The first-order valence-electron chi connectivity index (χ1n) is 10.7. The molecule has 2 N–H and O–H groups in total. The Bertz CT molecular complexity index is 1300. The molecule has 0 radical (unpaired) electrons. The number of nitrogens with zero attached hydrogens (tertiary/aromatic N) is 1. The zero-order chi connectivity index (χ0) is 24.8. The summed E-state index contributed by atoms with van der Waals surface area (Å²) in [6.07, 6.45) is 1.77. The molecule has 1 heterocycles. The second kappa shape index (κ2) is 11.1. The number of aliphatic imine (C=N–C) groups is 1. The molecule has 0 unspecified atom stereocenters. The molecular formula is C26H21ClN2O5S. The van der Waals surface area contributed by atoms with Crippen molar-refractivity contribution in [1.29, 1.82) is 0 Å². The molecule has 0 aromatic heterocycles. The van der Waals surface area contributed by atoms with E-state index in [-0.39, 0.29) is 18.1 Å². The van der Waals surface area contributed by atoms with Crippen LogP contribution in [0.2, 0.25) is 5.02 Å². The maximum absolute atomic E-state index is 12.4. The minimum Gasteiger partial charge on any atom is -0.490 e. The Morgan fingerprint density at radius 1 is 1.06 bits per heavy atom. The summed E-state index contributed by atoms with van der Waals surface area (Å²) in [4.78, 5) is 28.4. The lowest BCUT2D eigenvalue weighted by Crippen LogP contribution is -2.19. The minimum absolute atomic E-state index is 0.219. The smallest absolute Gasteiger partial charge is 0.335 e. The van der Waals surface area contributed by atoms with Gasteiger partial charge in [-0.05, 0) is 84.4 Å². The quantitative estimate of drug-likeness (QED) is 0.367. The van der Waals surface area contributed by atoms with Crippen molar-refractivity contribution in [3.8, 4) is 11.5 Å². The molecule has 4 rings (SSSR count). The van der Waals surface area contributed by atoms with E-state index < -0.39 is 5.97 Å². The van der Waals surface area contributed by atoms with Crippen molar-refractivity contribution >= 4 is 52.2 Å². The van der Waals surface area contributed by atoms with Crippen LogP contribution in [0.4, 0.5) is 5.69 Å². The normalized spacial score (nSPS) is 15.3. The molecule has 3 aromatic carbocycles. The Morgan fingerprint density at radius 3 is 2.49 bits per heavy atom. The van der Waals surface area contributed by atoms with E-state index in [9.17, 15) is 9.59 Å². The van der Waals surface area contributed by atoms with Gasteiger partial charge in [0.2, 0.25) is 0 Å². The summed E-state index contributed by atoms with van der Waals surface area (Å²) in [7, 11) is 0. The van der Waals surface area contributed by atoms with Crippen molar-refractivity contribution in [2.75, 3.05) is 6.61 Å². The lowest BCUT2D eigenvalue weighted by Gasteiger charge is -2.13. The topological polar surface area (TPSA) is 97.2 Å². The highest BCUT2D eigenvalue weighted by atomic mass is 35.5. The number of amidine groups is 1. The van der Waals surface area contributed by atoms with E-state index in [2.05, 4.69) is 10.3 Å². The molecule has 1 aliphatic heterocycles. The van der Waals surface area contributed by atoms with Crippen LogP contribution in [0.15, 0.2) is 76.6 Å². The molecule has 1 saturated heterocycles. The first-order chi connectivity index (χ1) is 16.9. The van der Waals surface area contributed by atoms with E-state index >= 15 is 0 Å². The monoisotopic (exact) mass is 508 g/mol. The molecule has 0 saturated carbocycles. The summed E-state index contributed by atoms with van der Waals surface area (Å²) in [5, 5.41) is 12.9. The molecule has 7 nitrogen and oxygen atoms in total. The number of halogens is 1. The zero-order valence-electron chi connectivity index (χ0n) is 18.7. The zero-order valence-corrected chi connectivity index (χ0v) is 20.2. The third-order valence-electron chi connectivity index (χ3n) is 4.87. The van der Waals surface area contributed by atoms with E-state index in [0.29, 0.717) is 38.9 Å². The number of thioether (sulfide) groups is 1. The molecule has 1 aliphatic rings. The Labute approximate surface area is 211 Å². The van der Waals surface area contributed by atoms with Gasteiger partial charge in [0.15, 0.2) is 16.7 Å². The van der Waals surface area contributed by atoms with Crippen LogP contribution in [0.5, 0.6) is 11.5 Å². The summed E-state index contributed by atoms with van der Waals surface area (Å²) in [6, 6.07) is 18.9. The fourth-order valence-electron chi connectivity index (χ4n) is 3.17. The third-order valence-corrected chi connectivity index (χ3v) is 6.03. The Kier molecular flexibility index (Phi) is 7.74. The number of ether oxygens (including phenoxy) is 2. The fourth-order valence-corrected chi connectivity index (χ4v) is 4.14. The van der Waals surface area contributed by atoms with Gasteiger partial charge in [0.1, 0.15) is 6.61 Å². The van der Waals surface area contributed by atoms with Gasteiger partial charge < -0.3 is 19.9 Å². The molecule has 0 spiro atoms. The summed E-state index contributed by atoms with van der Waals surface area (Å²) >= 11 is 7.16. The van der Waals surface area contributed by atoms with Gasteiger partial charge in [0.25, 0.3) is 5.91 Å². The number of hydrogen-bond acceptors (Lipinski definition) is 6. The van der Waals surface area contributed by atoms with Crippen molar-refractivity contribution in [2.45, 2.75) is 13.5 Å². The largest absolute Gasteiger partial charge is 0.490 e. The number of carboxylic acid groups (broad SMARTS) is 1. The van der Waals surface area contributed by atoms with Crippen LogP contribution < -0.4 is 14.8 Å². The summed E-state index contributed by atoms with van der Waals surface area (Å²) in [5.41, 5.74) is 2.51. The number of aromatic carboxylic acids is 1. The number of hydrogen-bond donors (Lipinski definition) is 2. The average Bonchev–Trinajstić information content (AvgIpc) is 3.18. The van der Waals surface area contributed by atoms with E-state index in [1.165, 1.54) is 23.9 Å². The second-order valence-corrected chi connectivity index (χ2v) is 8.86. The SMILES string of the molecule is CCOc1cc(/C=C2\SC(=Nc3ccc(Cl)cc3)NC2=O)ccc1OCc1ccc(C(=O)O)cc1. The number of carbonyl (C=O) groups excluding carboxylic acids is 1. The second-order valence-electron chi connectivity index (χ2n) is 7.39. The average molecular weight is 509 g/mol. The molecular weight excluding hydrogens is 488 g/mol. The van der Waals surface area contributed by atoms with Gasteiger partial charge in [0.05, 0.1) is 22.8 Å². The summed E-state index contributed by atoms with van der Waals surface area (Å²) in [5.74, 6) is -0.114. The number of benzene rings is 3. The van der Waals surface area contributed by atoms with Crippen LogP contribution in [-0.4, -0.2) is 28.8 Å². The number of carboxylic acids is 1. The van der Waals surface area contributed by atoms with Crippen molar-refractivity contribution < 1.29 is 24.2 Å². The van der Waals surface area contributed by atoms with Gasteiger partial charge in [-0.15, -0.1) is 0 Å². The highest BCUT2D eigenvalue weighted by Gasteiger charge is 2.24. The van der Waals surface area contributed by atoms with Crippen LogP contribution in [0.3, 0.4) is 0 Å². The van der Waals surface area contributed by atoms with Gasteiger partial charge in [-0.1, -0.05) is 29.8 Å². The van der Waals surface area contributed by atoms with E-state index in [1.54, 1.807) is 48.5 Å². The van der Waals surface area contributed by atoms with Gasteiger partial charge in [-0.25, -0.2) is 9.79 Å². The summed E-state index contributed by atoms with van der Waals surface area (Å²) in [6.45, 7) is 2.57. The third kappa shape index (κ3) is 6.44. The molecule has 178 valence electrons. The van der Waals surface area contributed by atoms with Crippen molar-refractivity contribution in [3.05, 3.63) is 93.3 Å². The number of carbonyl (C=O) groups is 2. The maximum atomic E-state index is 12.4. The maximum Gasteiger partial charge on any atom is 0.335 e. The van der Waals surface area contributed by atoms with Gasteiger partial charge in [-0.2, -0.15) is 0 Å². The lowest BCUT2D eigenvalue weighted by atomic mass is 10.1. The van der Waals surface area contributed by atoms with Crippen molar-refractivity contribution in [2.24, 2.45) is 4.99 Å². The first kappa shape index (κ1) is 24.4. The van der Waals surface area contributed by atoms with Crippen molar-refractivity contribution in [3.63, 3.8) is 0 Å². The fraction of sp³-hybridized carbons (Fsp3) is 0.115. The molecule has 0 aliphatic carbocycles. The number of nitrogens with one attached hydrogen (secondary N) is 1. The minimum atomic E-state index is -0.974. The predicted molar refractivity (Wildman–Crippen MR) is 138 cm³/mol. The van der Waals surface area contributed by atoms with Gasteiger partial charge in [0, 0.05) is 5.02 Å². The molecule has 1 fully saturated rings. The van der Waals surface area contributed by atoms with Crippen LogP contribution in [0.1, 0.15) is 28.4 Å². The number of rotatable bonds is 8. The molecule has 1 amide bonds. The van der Waals surface area contributed by atoms with Gasteiger partial charge >= 0.3 is 5.97 Å². The molecule has 3 aromatic rings. The highest BCUT2D eigenvalue weighted by molar-refractivity contribution is 8.18. The van der Waals surface area contributed by atoms with Crippen LogP contribution >= 0.6 is 23.4 Å². The van der Waals surface area contributed by atoms with E-state index in [1.807, 2.05) is 19.1 Å². The molecule has 35 heavy (non-hydrogen) atoms. The standard InChI is InChI=1S/C26H21ClN2O5S/c1-2-33-22-13-17(5-12-21(22)34-15-16-3-6-18(7-4-16)25(31)32)14-23-24(30)29-26(35-23)28-20-10-8-19(27)9-11-20/h3-14H,2,15H2,1H3,(H,31,32)(H,28,29,30)/b23-14-. The first-order valence-corrected chi connectivity index (χ1v) is 11.9. The van der Waals surface area contributed by atoms with Crippen LogP contribution in [-0.2, 0) is 11.4 Å². The molecule has 0 bridgehead atoms. The van der Waals surface area contributed by atoms with E-state index in [0.717, 1.165) is 11.1 Å². The Morgan fingerprint density at radius 2 is 1.80 bits per heavy atom. The van der Waals surface area contributed by atoms with Crippen LogP contribution in [0.25, 0.3) is 6.08 Å². The molecule has 0 atom stereocenters. The highest BCUT2D eigenvalue weighted by Crippen LogP contribution is 2.33. The Hall–Kier alpha value is -3.75. The molecule has 9 heteroatoms. The van der Waals surface area contributed by atoms with Crippen LogP contribution in [0, 0.1) is 0 Å².